The van der Waals surface area contributed by atoms with E-state index in [4.69, 9.17) is 31.5 Å². The third-order valence-corrected chi connectivity index (χ3v) is 8.39. The molecule has 212 valence electrons. The molecule has 4 aliphatic rings. The Labute approximate surface area is 230 Å². The average molecular weight is 552 g/mol. The predicted molar refractivity (Wildman–Crippen MR) is 145 cm³/mol. The molecule has 10 nitrogen and oxygen atoms in total. The molecule has 1 aromatic rings. The van der Waals surface area contributed by atoms with Crippen LogP contribution in [0, 0.1) is 5.92 Å². The molecule has 4 saturated heterocycles. The summed E-state index contributed by atoms with van der Waals surface area (Å²) in [6.45, 7) is 5.70. The summed E-state index contributed by atoms with van der Waals surface area (Å²) in [6.07, 6.45) is 7.52. The van der Waals surface area contributed by atoms with Gasteiger partial charge in [0, 0.05) is 33.2 Å². The van der Waals surface area contributed by atoms with Gasteiger partial charge < -0.3 is 30.2 Å². The van der Waals surface area contributed by atoms with Crippen molar-refractivity contribution in [1.82, 2.24) is 20.1 Å². The van der Waals surface area contributed by atoms with Gasteiger partial charge in [0.05, 0.1) is 24.3 Å². The maximum absolute atomic E-state index is 12.9. The lowest BCUT2D eigenvalue weighted by molar-refractivity contribution is -0.150. The maximum atomic E-state index is 12.9. The number of carbonyl (C=O) groups excluding carboxylic acids is 2. The molecule has 4 fully saturated rings. The molecule has 3 atom stereocenters. The molecule has 2 bridgehead atoms. The number of nitrogens with zero attached hydrogens (tertiary/aromatic N) is 3. The van der Waals surface area contributed by atoms with Gasteiger partial charge in [-0.05, 0) is 70.1 Å². The van der Waals surface area contributed by atoms with Gasteiger partial charge in [-0.1, -0.05) is 18.0 Å². The number of piperidine rings is 2. The first-order chi connectivity index (χ1) is 18.4. The summed E-state index contributed by atoms with van der Waals surface area (Å²) in [5, 5.41) is 3.25. The van der Waals surface area contributed by atoms with E-state index in [1.165, 1.54) is 26.0 Å². The number of carbonyl (C=O) groups is 2. The summed E-state index contributed by atoms with van der Waals surface area (Å²) in [6, 6.07) is 1.33. The molecule has 0 spiro atoms. The van der Waals surface area contributed by atoms with Crippen molar-refractivity contribution >= 4 is 29.3 Å². The Morgan fingerprint density at radius 2 is 1.92 bits per heavy atom. The zero-order valence-electron chi connectivity index (χ0n) is 22.6. The van der Waals surface area contributed by atoms with E-state index in [1.54, 1.807) is 7.11 Å². The minimum atomic E-state index is -0.322. The smallest absolute Gasteiger partial charge is 0.306 e. The lowest BCUT2D eigenvalue weighted by atomic mass is 9.95. The third kappa shape index (κ3) is 7.71. The number of methoxy groups -OCH3 is 2. The van der Waals surface area contributed by atoms with E-state index >= 15 is 0 Å². The standard InChI is InChI=1S/C27H42ClN5O5/c1-36-23-17-32(13-9-22(23)30-26(35)20-15-21(28)25(29)31-27(20)37-2)10-5-3-4-6-24(34)38-19-14-18-7-11-33(16-19)12-8-18/h15,18-19,22-23H,3-14,16-17H2,1-2H3,(H2,29,31)(H,30,35)/t19-,22-,23+/m1/s1. The minimum Gasteiger partial charge on any atom is -0.480 e. The largest absolute Gasteiger partial charge is 0.480 e. The highest BCUT2D eigenvalue weighted by Gasteiger charge is 2.32. The molecule has 5 rings (SSSR count). The van der Waals surface area contributed by atoms with Crippen molar-refractivity contribution in [2.75, 3.05) is 59.2 Å². The van der Waals surface area contributed by atoms with Crippen LogP contribution in [0.1, 0.15) is 61.7 Å². The van der Waals surface area contributed by atoms with Crippen LogP contribution in [-0.2, 0) is 14.3 Å². The Morgan fingerprint density at radius 1 is 1.13 bits per heavy atom. The molecule has 0 saturated carbocycles. The molecule has 0 aromatic carbocycles. The highest BCUT2D eigenvalue weighted by molar-refractivity contribution is 6.33. The summed E-state index contributed by atoms with van der Waals surface area (Å²) in [5.74, 6) is 0.597. The van der Waals surface area contributed by atoms with Crippen molar-refractivity contribution in [3.05, 3.63) is 16.7 Å². The van der Waals surface area contributed by atoms with Crippen LogP contribution in [0.15, 0.2) is 6.07 Å². The summed E-state index contributed by atoms with van der Waals surface area (Å²) < 4.78 is 16.7. The fourth-order valence-corrected chi connectivity index (χ4v) is 6.04. The minimum absolute atomic E-state index is 0.0530. The average Bonchev–Trinajstić information content (AvgIpc) is 3.22. The second-order valence-electron chi connectivity index (χ2n) is 10.8. The van der Waals surface area contributed by atoms with E-state index in [0.717, 1.165) is 77.3 Å². The molecule has 1 aromatic heterocycles. The van der Waals surface area contributed by atoms with Crippen molar-refractivity contribution in [2.45, 2.75) is 69.6 Å². The van der Waals surface area contributed by atoms with Crippen molar-refractivity contribution in [2.24, 2.45) is 5.92 Å². The normalized spacial score (nSPS) is 27.5. The predicted octanol–water partition coefficient (Wildman–Crippen LogP) is 2.73. The Balaban J connectivity index is 1.14. The Bertz CT molecular complexity index is 944. The van der Waals surface area contributed by atoms with Crippen LogP contribution in [-0.4, -0.2) is 98.4 Å². The van der Waals surface area contributed by atoms with E-state index in [-0.39, 0.29) is 52.4 Å². The van der Waals surface area contributed by atoms with Crippen LogP contribution >= 0.6 is 11.6 Å². The van der Waals surface area contributed by atoms with Crippen LogP contribution in [0.5, 0.6) is 5.88 Å². The van der Waals surface area contributed by atoms with E-state index in [2.05, 4.69) is 20.1 Å². The molecular formula is C27H42ClN5O5. The number of rotatable bonds is 11. The fourth-order valence-electron chi connectivity index (χ4n) is 5.89. The maximum Gasteiger partial charge on any atom is 0.306 e. The molecule has 5 heterocycles. The van der Waals surface area contributed by atoms with Crippen molar-refractivity contribution in [3.63, 3.8) is 0 Å². The number of esters is 1. The van der Waals surface area contributed by atoms with Crippen LogP contribution in [0.25, 0.3) is 0 Å². The number of nitrogens with one attached hydrogen (secondary N) is 1. The van der Waals surface area contributed by atoms with Crippen molar-refractivity contribution in [1.29, 1.82) is 0 Å². The van der Waals surface area contributed by atoms with Gasteiger partial charge in [-0.25, -0.2) is 0 Å². The number of fused-ring (bicyclic) bond motifs is 4. The van der Waals surface area contributed by atoms with Gasteiger partial charge >= 0.3 is 5.97 Å². The van der Waals surface area contributed by atoms with E-state index in [9.17, 15) is 9.59 Å². The van der Waals surface area contributed by atoms with Gasteiger partial charge in [-0.3, -0.25) is 14.5 Å². The van der Waals surface area contributed by atoms with Gasteiger partial charge in [-0.2, -0.15) is 4.98 Å². The van der Waals surface area contributed by atoms with Gasteiger partial charge in [0.25, 0.3) is 5.91 Å². The van der Waals surface area contributed by atoms with E-state index < -0.39 is 0 Å². The number of nitrogen functional groups attached to an aromatic ring is 1. The number of anilines is 1. The SMILES string of the molecule is COc1nc(N)c(Cl)cc1C(=O)N[C@@H]1CCN(CCCCCC(=O)O[C@@H]2CC3CCN(CC3)C2)C[C@@H]1OC. The van der Waals surface area contributed by atoms with Crippen LogP contribution in [0.2, 0.25) is 5.02 Å². The number of hydrogen-bond donors (Lipinski definition) is 2. The number of amides is 1. The number of aromatic nitrogens is 1. The van der Waals surface area contributed by atoms with Crippen LogP contribution in [0.3, 0.4) is 0 Å². The van der Waals surface area contributed by atoms with E-state index in [0.29, 0.717) is 6.42 Å². The zero-order valence-corrected chi connectivity index (χ0v) is 23.4. The summed E-state index contributed by atoms with van der Waals surface area (Å²) in [5.41, 5.74) is 5.97. The van der Waals surface area contributed by atoms with Crippen LogP contribution in [0.4, 0.5) is 5.82 Å². The van der Waals surface area contributed by atoms with E-state index in [1.807, 2.05) is 0 Å². The number of likely N-dealkylation sites (tertiary alicyclic amines) is 1. The Kier molecular flexibility index (Phi) is 10.5. The summed E-state index contributed by atoms with van der Waals surface area (Å²) in [7, 11) is 3.10. The highest BCUT2D eigenvalue weighted by atomic mass is 35.5. The van der Waals surface area contributed by atoms with Gasteiger partial charge in [0.2, 0.25) is 5.88 Å². The lowest BCUT2D eigenvalue weighted by Gasteiger charge is -2.38. The number of pyridine rings is 1. The number of ether oxygens (including phenoxy) is 3. The Morgan fingerprint density at radius 3 is 2.66 bits per heavy atom. The quantitative estimate of drug-likeness (QED) is 0.316. The number of hydrogen-bond acceptors (Lipinski definition) is 9. The topological polar surface area (TPSA) is 119 Å². The fraction of sp³-hybridized carbons (Fsp3) is 0.741. The third-order valence-electron chi connectivity index (χ3n) is 8.09. The molecule has 11 heteroatoms. The first-order valence-corrected chi connectivity index (χ1v) is 14.2. The number of unbranched alkanes of at least 4 members (excludes halogenated alkanes) is 2. The summed E-state index contributed by atoms with van der Waals surface area (Å²) >= 11 is 6.07. The van der Waals surface area contributed by atoms with Gasteiger partial charge in [0.15, 0.2) is 0 Å². The zero-order chi connectivity index (χ0) is 27.1. The summed E-state index contributed by atoms with van der Waals surface area (Å²) in [4.78, 5) is 34.2. The first-order valence-electron chi connectivity index (χ1n) is 13.8. The second-order valence-corrected chi connectivity index (χ2v) is 11.2. The molecule has 0 unspecified atom stereocenters. The van der Waals surface area contributed by atoms with Crippen LogP contribution < -0.4 is 15.8 Å². The highest BCUT2D eigenvalue weighted by Crippen LogP contribution is 2.28. The molecule has 3 N–H and O–H groups in total. The monoisotopic (exact) mass is 551 g/mol. The number of nitrogens with two attached hydrogens (primary N) is 1. The first kappa shape index (κ1) is 28.9. The van der Waals surface area contributed by atoms with Gasteiger partial charge in [-0.15, -0.1) is 0 Å². The van der Waals surface area contributed by atoms with Gasteiger partial charge in [0.1, 0.15) is 17.5 Å². The second kappa shape index (κ2) is 13.8. The lowest BCUT2D eigenvalue weighted by Crippen LogP contribution is -2.54. The Hall–Kier alpha value is -2.14. The molecule has 4 aliphatic heterocycles. The molecule has 0 aliphatic carbocycles. The van der Waals surface area contributed by atoms with Crippen molar-refractivity contribution < 1.29 is 23.8 Å². The molecule has 0 radical (unpaired) electrons. The number of halogens is 1. The molecule has 1 amide bonds. The van der Waals surface area contributed by atoms with Crippen molar-refractivity contribution in [3.8, 4) is 5.88 Å². The molecular weight excluding hydrogens is 510 g/mol. The molecule has 38 heavy (non-hydrogen) atoms.